The van der Waals surface area contributed by atoms with Crippen LogP contribution < -0.4 is 10.1 Å². The number of hydrogen-bond donors (Lipinski definition) is 1. The summed E-state index contributed by atoms with van der Waals surface area (Å²) >= 11 is 1.32. The van der Waals surface area contributed by atoms with Gasteiger partial charge in [-0.3, -0.25) is 9.78 Å². The number of aromatic nitrogens is 5. The van der Waals surface area contributed by atoms with Crippen molar-refractivity contribution in [2.45, 2.75) is 6.61 Å². The fourth-order valence-corrected chi connectivity index (χ4v) is 3.19. The first-order valence-corrected chi connectivity index (χ1v) is 8.92. The van der Waals surface area contributed by atoms with Crippen LogP contribution >= 0.6 is 11.3 Å². The highest BCUT2D eigenvalue weighted by Crippen LogP contribution is 2.23. The van der Waals surface area contributed by atoms with Crippen molar-refractivity contribution in [3.05, 3.63) is 77.0 Å². The minimum Gasteiger partial charge on any atom is -0.487 e. The monoisotopic (exact) mass is 378 g/mol. The van der Waals surface area contributed by atoms with Crippen molar-refractivity contribution in [3.63, 3.8) is 0 Å². The van der Waals surface area contributed by atoms with Crippen LogP contribution in [0.25, 0.3) is 5.69 Å². The Morgan fingerprint density at radius 3 is 2.96 bits per heavy atom. The van der Waals surface area contributed by atoms with E-state index in [4.69, 9.17) is 4.74 Å². The number of thiophene rings is 1. The lowest BCUT2D eigenvalue weighted by atomic mass is 10.3. The lowest BCUT2D eigenvalue weighted by Gasteiger charge is -2.09. The highest BCUT2D eigenvalue weighted by atomic mass is 32.1. The maximum atomic E-state index is 12.6. The number of carbonyl (C=O) groups excluding carboxylic acids is 1. The summed E-state index contributed by atoms with van der Waals surface area (Å²) in [4.78, 5) is 17.4. The molecular weight excluding hydrogens is 364 g/mol. The second kappa shape index (κ2) is 7.75. The molecule has 0 atom stereocenters. The maximum absolute atomic E-state index is 12.6. The van der Waals surface area contributed by atoms with Gasteiger partial charge in [-0.05, 0) is 46.1 Å². The number of hydrogen-bond acceptors (Lipinski definition) is 7. The third kappa shape index (κ3) is 3.98. The number of carbonyl (C=O) groups is 1. The Morgan fingerprint density at radius 2 is 2.15 bits per heavy atom. The molecular formula is C18H14N6O2S. The van der Waals surface area contributed by atoms with Crippen molar-refractivity contribution in [1.29, 1.82) is 0 Å². The maximum Gasteiger partial charge on any atom is 0.267 e. The van der Waals surface area contributed by atoms with Crippen LogP contribution in [0.3, 0.4) is 0 Å². The Morgan fingerprint density at radius 1 is 1.19 bits per heavy atom. The fraction of sp³-hybridized carbons (Fsp3) is 0.0556. The Balaban J connectivity index is 1.46. The normalized spacial score (nSPS) is 10.5. The average molecular weight is 378 g/mol. The molecule has 1 amide bonds. The van der Waals surface area contributed by atoms with Crippen molar-refractivity contribution in [2.75, 3.05) is 5.32 Å². The minimum absolute atomic E-state index is 0.239. The molecule has 8 nitrogen and oxygen atoms in total. The lowest BCUT2D eigenvalue weighted by Crippen LogP contribution is -2.13. The molecule has 3 aromatic heterocycles. The molecule has 27 heavy (non-hydrogen) atoms. The van der Waals surface area contributed by atoms with E-state index in [0.29, 0.717) is 28.6 Å². The molecule has 0 saturated carbocycles. The number of rotatable bonds is 6. The molecule has 0 spiro atoms. The van der Waals surface area contributed by atoms with Crippen molar-refractivity contribution < 1.29 is 9.53 Å². The Kier molecular flexibility index (Phi) is 4.84. The van der Waals surface area contributed by atoms with Gasteiger partial charge >= 0.3 is 0 Å². The quantitative estimate of drug-likeness (QED) is 0.554. The molecule has 1 N–H and O–H groups in total. The number of pyridine rings is 1. The smallest absolute Gasteiger partial charge is 0.267 e. The van der Waals surface area contributed by atoms with E-state index in [0.717, 1.165) is 5.69 Å². The standard InChI is InChI=1S/C18H14N6O2S/c25-18(17-16(7-9-27-17)24-12-20-22-23-24)21-13-5-3-6-15(10-13)26-11-14-4-1-2-8-19-14/h1-10,12H,11H2,(H,21,25). The zero-order chi connectivity index (χ0) is 18.5. The molecule has 4 rings (SSSR count). The van der Waals surface area contributed by atoms with E-state index in [1.54, 1.807) is 24.4 Å². The molecule has 0 aliphatic heterocycles. The van der Waals surface area contributed by atoms with Crippen LogP contribution in [0, 0.1) is 0 Å². The van der Waals surface area contributed by atoms with E-state index in [2.05, 4.69) is 25.8 Å². The van der Waals surface area contributed by atoms with Crippen molar-refractivity contribution >= 4 is 22.9 Å². The summed E-state index contributed by atoms with van der Waals surface area (Å²) in [6.45, 7) is 0.354. The lowest BCUT2D eigenvalue weighted by molar-refractivity contribution is 0.103. The van der Waals surface area contributed by atoms with Gasteiger partial charge < -0.3 is 10.1 Å². The van der Waals surface area contributed by atoms with Crippen LogP contribution in [0.4, 0.5) is 5.69 Å². The molecule has 0 saturated heterocycles. The van der Waals surface area contributed by atoms with Crippen LogP contribution in [0.15, 0.2) is 66.4 Å². The molecule has 134 valence electrons. The summed E-state index contributed by atoms with van der Waals surface area (Å²) in [5.74, 6) is 0.405. The third-order valence-electron chi connectivity index (χ3n) is 3.65. The summed E-state index contributed by atoms with van der Waals surface area (Å²) in [5, 5.41) is 15.7. The Hall–Kier alpha value is -3.59. The molecule has 3 heterocycles. The van der Waals surface area contributed by atoms with E-state index in [1.807, 2.05) is 35.7 Å². The van der Waals surface area contributed by atoms with Gasteiger partial charge in [-0.15, -0.1) is 16.4 Å². The first-order chi connectivity index (χ1) is 13.3. The van der Waals surface area contributed by atoms with E-state index < -0.39 is 0 Å². The average Bonchev–Trinajstić information content (AvgIpc) is 3.39. The molecule has 0 fully saturated rings. The van der Waals surface area contributed by atoms with Gasteiger partial charge in [-0.25, -0.2) is 0 Å². The number of tetrazole rings is 1. The van der Waals surface area contributed by atoms with Gasteiger partial charge in [-0.1, -0.05) is 12.1 Å². The van der Waals surface area contributed by atoms with Crippen LogP contribution in [-0.2, 0) is 6.61 Å². The number of nitrogens with one attached hydrogen (secondary N) is 1. The van der Waals surface area contributed by atoms with Crippen molar-refractivity contribution in [3.8, 4) is 11.4 Å². The van der Waals surface area contributed by atoms with Crippen LogP contribution in [0.2, 0.25) is 0 Å². The van der Waals surface area contributed by atoms with Crippen LogP contribution in [0.1, 0.15) is 15.4 Å². The Bertz CT molecular complexity index is 1030. The van der Waals surface area contributed by atoms with Gasteiger partial charge in [0.25, 0.3) is 5.91 Å². The fourth-order valence-electron chi connectivity index (χ4n) is 2.42. The van der Waals surface area contributed by atoms with Gasteiger partial charge in [-0.2, -0.15) is 4.68 Å². The zero-order valence-corrected chi connectivity index (χ0v) is 14.8. The van der Waals surface area contributed by atoms with Gasteiger partial charge in [0.05, 0.1) is 11.4 Å². The molecule has 0 bridgehead atoms. The van der Waals surface area contributed by atoms with E-state index in [-0.39, 0.29) is 5.91 Å². The molecule has 4 aromatic rings. The van der Waals surface area contributed by atoms with Gasteiger partial charge in [0.1, 0.15) is 23.6 Å². The highest BCUT2D eigenvalue weighted by molar-refractivity contribution is 7.12. The number of benzene rings is 1. The number of anilines is 1. The predicted molar refractivity (Wildman–Crippen MR) is 100.0 cm³/mol. The van der Waals surface area contributed by atoms with E-state index in [9.17, 15) is 4.79 Å². The molecule has 0 radical (unpaired) electrons. The van der Waals surface area contributed by atoms with E-state index in [1.165, 1.54) is 22.3 Å². The minimum atomic E-state index is -0.239. The van der Waals surface area contributed by atoms with Crippen LogP contribution in [0.5, 0.6) is 5.75 Å². The molecule has 0 aliphatic carbocycles. The summed E-state index contributed by atoms with van der Waals surface area (Å²) in [6.07, 6.45) is 3.17. The first-order valence-electron chi connectivity index (χ1n) is 8.04. The van der Waals surface area contributed by atoms with Crippen LogP contribution in [-0.4, -0.2) is 31.1 Å². The third-order valence-corrected chi connectivity index (χ3v) is 4.55. The number of ether oxygens (including phenoxy) is 1. The number of amides is 1. The summed E-state index contributed by atoms with van der Waals surface area (Å²) in [7, 11) is 0. The van der Waals surface area contributed by atoms with Gasteiger partial charge in [0.15, 0.2) is 0 Å². The predicted octanol–water partition coefficient (Wildman–Crippen LogP) is 2.95. The molecule has 9 heteroatoms. The topological polar surface area (TPSA) is 94.8 Å². The molecule has 1 aromatic carbocycles. The highest BCUT2D eigenvalue weighted by Gasteiger charge is 2.16. The molecule has 0 unspecified atom stereocenters. The zero-order valence-electron chi connectivity index (χ0n) is 14.0. The summed E-state index contributed by atoms with van der Waals surface area (Å²) in [6, 6.07) is 14.7. The summed E-state index contributed by atoms with van der Waals surface area (Å²) < 4.78 is 7.20. The second-order valence-corrected chi connectivity index (χ2v) is 6.40. The molecule has 0 aliphatic rings. The van der Waals surface area contributed by atoms with Gasteiger partial charge in [0, 0.05) is 18.0 Å². The first kappa shape index (κ1) is 16.9. The Labute approximate surface area is 158 Å². The SMILES string of the molecule is O=C(Nc1cccc(OCc2ccccn2)c1)c1sccc1-n1cnnn1. The number of nitrogens with zero attached hydrogens (tertiary/aromatic N) is 5. The van der Waals surface area contributed by atoms with Crippen molar-refractivity contribution in [2.24, 2.45) is 0 Å². The van der Waals surface area contributed by atoms with Crippen molar-refractivity contribution in [1.82, 2.24) is 25.2 Å². The second-order valence-electron chi connectivity index (χ2n) is 5.48. The van der Waals surface area contributed by atoms with E-state index >= 15 is 0 Å². The summed E-state index contributed by atoms with van der Waals surface area (Å²) in [5.41, 5.74) is 2.09. The largest absolute Gasteiger partial charge is 0.487 e. The van der Waals surface area contributed by atoms with Gasteiger partial charge in [0.2, 0.25) is 0 Å².